The zero-order chi connectivity index (χ0) is 23.0. The van der Waals surface area contributed by atoms with Gasteiger partial charge in [0.2, 0.25) is 0 Å². The third-order valence-corrected chi connectivity index (χ3v) is 6.46. The van der Waals surface area contributed by atoms with Gasteiger partial charge in [0.1, 0.15) is 17.5 Å². The van der Waals surface area contributed by atoms with E-state index in [4.69, 9.17) is 14.0 Å². The average Bonchev–Trinajstić information content (AvgIpc) is 2.73. The van der Waals surface area contributed by atoms with Crippen molar-refractivity contribution < 1.29 is 23.4 Å². The molecule has 7 heteroatoms. The number of carbonyl (C=O) groups is 1. The number of benzene rings is 2. The van der Waals surface area contributed by atoms with E-state index in [1.54, 1.807) is 26.0 Å². The highest BCUT2D eigenvalue weighted by Gasteiger charge is 2.33. The van der Waals surface area contributed by atoms with Crippen molar-refractivity contribution in [3.63, 3.8) is 0 Å². The maximum Gasteiger partial charge on any atom is 0.354 e. The topological polar surface area (TPSA) is 73.9 Å². The molecule has 0 aliphatic carbocycles. The fourth-order valence-electron chi connectivity index (χ4n) is 3.12. The van der Waals surface area contributed by atoms with E-state index in [1.165, 1.54) is 0 Å². The first-order valence-electron chi connectivity index (χ1n) is 10.7. The van der Waals surface area contributed by atoms with Gasteiger partial charge in [-0.2, -0.15) is 0 Å². The van der Waals surface area contributed by atoms with Crippen LogP contribution in [0.25, 0.3) is 0 Å². The Morgan fingerprint density at radius 1 is 0.935 bits per heavy atom. The standard InChI is InChI=1S/C24H34NO5P/c1-7-28-24(26)19(6)25-31(27,16-29-20-12-9-8-10-13-20)30-23-21(17(2)3)14-11-15-22(23)18(4)5/h8-15,17-19H,7,16H2,1-6H3,(H,25,27)/t19-,31?/m0/s1. The maximum absolute atomic E-state index is 14.0. The first-order chi connectivity index (χ1) is 14.7. The van der Waals surface area contributed by atoms with Gasteiger partial charge in [-0.1, -0.05) is 64.1 Å². The van der Waals surface area contributed by atoms with E-state index in [1.807, 2.05) is 36.4 Å². The molecule has 0 fully saturated rings. The summed E-state index contributed by atoms with van der Waals surface area (Å²) in [5.74, 6) is 0.987. The fourth-order valence-corrected chi connectivity index (χ4v) is 4.82. The molecule has 0 bridgehead atoms. The lowest BCUT2D eigenvalue weighted by Crippen LogP contribution is -2.36. The monoisotopic (exact) mass is 447 g/mol. The molecule has 2 aromatic carbocycles. The highest BCUT2D eigenvalue weighted by molar-refractivity contribution is 7.57. The molecule has 2 rings (SSSR count). The Bertz CT molecular complexity index is 872. The molecule has 1 unspecified atom stereocenters. The highest BCUT2D eigenvalue weighted by atomic mass is 31.2. The van der Waals surface area contributed by atoms with E-state index < -0.39 is 19.5 Å². The minimum Gasteiger partial charge on any atom is -0.481 e. The first-order valence-corrected chi connectivity index (χ1v) is 12.5. The molecule has 0 saturated heterocycles. The van der Waals surface area contributed by atoms with Gasteiger partial charge in [0.25, 0.3) is 0 Å². The lowest BCUT2D eigenvalue weighted by molar-refractivity contribution is -0.144. The molecule has 170 valence electrons. The Morgan fingerprint density at radius 3 is 2.03 bits per heavy atom. The average molecular weight is 448 g/mol. The minimum atomic E-state index is -3.65. The molecular formula is C24H34NO5P. The Balaban J connectivity index is 2.40. The van der Waals surface area contributed by atoms with Crippen molar-refractivity contribution in [1.29, 1.82) is 0 Å². The molecular weight excluding hydrogens is 413 g/mol. The molecule has 6 nitrogen and oxygen atoms in total. The number of para-hydroxylation sites is 2. The third-order valence-electron chi connectivity index (χ3n) is 4.73. The summed E-state index contributed by atoms with van der Waals surface area (Å²) in [6, 6.07) is 14.2. The van der Waals surface area contributed by atoms with E-state index >= 15 is 0 Å². The Labute approximate surface area is 185 Å². The van der Waals surface area contributed by atoms with Crippen LogP contribution in [-0.2, 0) is 14.1 Å². The molecule has 0 aliphatic heterocycles. The van der Waals surface area contributed by atoms with Crippen molar-refractivity contribution >= 4 is 13.5 Å². The Kier molecular flexibility index (Phi) is 9.15. The maximum atomic E-state index is 14.0. The van der Waals surface area contributed by atoms with Gasteiger partial charge in [-0.3, -0.25) is 9.36 Å². The van der Waals surface area contributed by atoms with Crippen molar-refractivity contribution in [2.24, 2.45) is 0 Å². The molecule has 0 aromatic heterocycles. The van der Waals surface area contributed by atoms with Crippen LogP contribution in [0.2, 0.25) is 0 Å². The summed E-state index contributed by atoms with van der Waals surface area (Å²) in [4.78, 5) is 12.2. The summed E-state index contributed by atoms with van der Waals surface area (Å²) in [5, 5.41) is 2.86. The van der Waals surface area contributed by atoms with Crippen molar-refractivity contribution in [1.82, 2.24) is 5.09 Å². The number of esters is 1. The summed E-state index contributed by atoms with van der Waals surface area (Å²) >= 11 is 0. The van der Waals surface area contributed by atoms with Crippen LogP contribution in [0.3, 0.4) is 0 Å². The second kappa shape index (κ2) is 11.4. The van der Waals surface area contributed by atoms with Crippen LogP contribution < -0.4 is 14.3 Å². The Morgan fingerprint density at radius 2 is 1.52 bits per heavy atom. The van der Waals surface area contributed by atoms with E-state index in [-0.39, 0.29) is 24.8 Å². The fraction of sp³-hybridized carbons (Fsp3) is 0.458. The van der Waals surface area contributed by atoms with Gasteiger partial charge in [-0.25, -0.2) is 5.09 Å². The lowest BCUT2D eigenvalue weighted by Gasteiger charge is -2.27. The van der Waals surface area contributed by atoms with Gasteiger partial charge >= 0.3 is 13.5 Å². The van der Waals surface area contributed by atoms with E-state index in [0.29, 0.717) is 11.5 Å². The predicted molar refractivity (Wildman–Crippen MR) is 124 cm³/mol. The Hall–Kier alpha value is -2.30. The van der Waals surface area contributed by atoms with Crippen molar-refractivity contribution in [3.8, 4) is 11.5 Å². The van der Waals surface area contributed by atoms with Crippen LogP contribution in [0.4, 0.5) is 0 Å². The molecule has 0 radical (unpaired) electrons. The summed E-state index contributed by atoms with van der Waals surface area (Å²) in [6.07, 6.45) is -0.231. The highest BCUT2D eigenvalue weighted by Crippen LogP contribution is 2.48. The number of hydrogen-bond donors (Lipinski definition) is 1. The van der Waals surface area contributed by atoms with Crippen LogP contribution in [0.1, 0.15) is 64.5 Å². The zero-order valence-electron chi connectivity index (χ0n) is 19.3. The number of nitrogens with one attached hydrogen (secondary N) is 1. The predicted octanol–water partition coefficient (Wildman–Crippen LogP) is 6.08. The largest absolute Gasteiger partial charge is 0.481 e. The molecule has 2 aromatic rings. The molecule has 0 saturated carbocycles. The molecule has 2 atom stereocenters. The molecule has 0 heterocycles. The van der Waals surface area contributed by atoms with Gasteiger partial charge in [0.05, 0.1) is 6.61 Å². The number of carbonyl (C=O) groups excluding carboxylic acids is 1. The van der Waals surface area contributed by atoms with Crippen molar-refractivity contribution in [3.05, 3.63) is 59.7 Å². The van der Waals surface area contributed by atoms with Crippen LogP contribution in [0, 0.1) is 0 Å². The van der Waals surface area contributed by atoms with Crippen LogP contribution in [0.5, 0.6) is 11.5 Å². The van der Waals surface area contributed by atoms with E-state index in [9.17, 15) is 9.36 Å². The zero-order valence-corrected chi connectivity index (χ0v) is 20.1. The first kappa shape index (κ1) is 25.0. The van der Waals surface area contributed by atoms with Crippen molar-refractivity contribution in [2.45, 2.75) is 59.4 Å². The molecule has 0 spiro atoms. The van der Waals surface area contributed by atoms with Gasteiger partial charge in [0.15, 0.2) is 6.35 Å². The molecule has 31 heavy (non-hydrogen) atoms. The van der Waals surface area contributed by atoms with Crippen LogP contribution >= 0.6 is 7.52 Å². The van der Waals surface area contributed by atoms with Gasteiger partial charge < -0.3 is 14.0 Å². The lowest BCUT2D eigenvalue weighted by atomic mass is 9.94. The van der Waals surface area contributed by atoms with E-state index in [2.05, 4.69) is 32.8 Å². The second-order valence-corrected chi connectivity index (χ2v) is 10.1. The SMILES string of the molecule is CCOC(=O)[C@H](C)NP(=O)(COc1ccccc1)Oc1c(C(C)C)cccc1C(C)C. The van der Waals surface area contributed by atoms with Gasteiger partial charge in [-0.05, 0) is 48.9 Å². The second-order valence-electron chi connectivity index (χ2n) is 8.03. The summed E-state index contributed by atoms with van der Waals surface area (Å²) in [5.41, 5.74) is 1.91. The normalized spacial score (nSPS) is 14.2. The molecule has 0 aliphatic rings. The number of ether oxygens (including phenoxy) is 2. The van der Waals surface area contributed by atoms with E-state index in [0.717, 1.165) is 11.1 Å². The third kappa shape index (κ3) is 7.12. The van der Waals surface area contributed by atoms with Gasteiger partial charge in [-0.15, -0.1) is 0 Å². The van der Waals surface area contributed by atoms with Crippen LogP contribution in [0.15, 0.2) is 48.5 Å². The molecule has 0 amide bonds. The van der Waals surface area contributed by atoms with Gasteiger partial charge in [0, 0.05) is 0 Å². The number of hydrogen-bond acceptors (Lipinski definition) is 5. The quantitative estimate of drug-likeness (QED) is 0.332. The minimum absolute atomic E-state index is 0.166. The van der Waals surface area contributed by atoms with Crippen molar-refractivity contribution in [2.75, 3.05) is 13.0 Å². The summed E-state index contributed by atoms with van der Waals surface area (Å²) in [7, 11) is -3.65. The summed E-state index contributed by atoms with van der Waals surface area (Å²) < 4.78 is 31.0. The summed E-state index contributed by atoms with van der Waals surface area (Å²) in [6.45, 7) is 11.8. The van der Waals surface area contributed by atoms with Crippen LogP contribution in [-0.4, -0.2) is 25.0 Å². The smallest absolute Gasteiger partial charge is 0.354 e. The number of rotatable bonds is 11. The molecule has 1 N–H and O–H groups in total.